The molecular formula is C8H7. The minimum Gasteiger partial charge on any atom is -0.0505 e. The van der Waals surface area contributed by atoms with Crippen molar-refractivity contribution in [2.45, 2.75) is 13.8 Å². The summed E-state index contributed by atoms with van der Waals surface area (Å²) in [6, 6.07) is 10.4. The molecule has 0 heteroatoms. The highest BCUT2D eigenvalue weighted by molar-refractivity contribution is 5.20. The molecule has 0 nitrogen and oxygen atoms in total. The first-order valence-corrected chi connectivity index (χ1v) is 2.58. The average molecular weight is 103 g/mol. The molecule has 0 heterocycles. The Labute approximate surface area is 50.2 Å². The Morgan fingerprint density at radius 3 is 2.50 bits per heavy atom. The van der Waals surface area contributed by atoms with E-state index in [1.54, 1.807) is 0 Å². The predicted molar refractivity (Wildman–Crippen MR) is 32.4 cm³/mol. The van der Waals surface area contributed by atoms with Crippen molar-refractivity contribution in [2.24, 2.45) is 0 Å². The molecular weight excluding hydrogens is 96.1 g/mol. The molecule has 0 aliphatic carbocycles. The fraction of sp³-hybridized carbons (Fsp3) is 0.250. The molecule has 0 unspecified atom stereocenters. The number of hydrogen-bond donors (Lipinski definition) is 0. The molecule has 39 valence electrons. The van der Waals surface area contributed by atoms with Gasteiger partial charge in [0.15, 0.2) is 0 Å². The van der Waals surface area contributed by atoms with Crippen LogP contribution < -0.4 is 0 Å². The molecule has 1 aromatic rings. The second kappa shape index (κ2) is 1.99. The van der Waals surface area contributed by atoms with Gasteiger partial charge < -0.3 is 0 Å². The standard InChI is InChI=1S/C8H7/c1-7-5-3-4-6-8(7)2/h5H,1-2H3. The molecule has 0 aliphatic rings. The van der Waals surface area contributed by atoms with Crippen molar-refractivity contribution in [1.29, 1.82) is 0 Å². The van der Waals surface area contributed by atoms with Gasteiger partial charge in [-0.2, -0.15) is 0 Å². The van der Waals surface area contributed by atoms with Crippen LogP contribution in [0.2, 0.25) is 0 Å². The highest BCUT2D eigenvalue weighted by Gasteiger charge is 1.85. The number of aryl methyl sites for hydroxylation is 2. The molecule has 0 amide bonds. The summed E-state index contributed by atoms with van der Waals surface area (Å²) in [6.07, 6.45) is 0. The molecule has 0 N–H and O–H groups in total. The Hall–Kier alpha value is -0.780. The van der Waals surface area contributed by atoms with Gasteiger partial charge in [-0.15, -0.1) is 0 Å². The summed E-state index contributed by atoms with van der Waals surface area (Å²) in [6.45, 7) is 4.05. The average Bonchev–Trinajstić information content (AvgIpc) is 1.77. The van der Waals surface area contributed by atoms with Crippen LogP contribution in [0.5, 0.6) is 0 Å². The van der Waals surface area contributed by atoms with Gasteiger partial charge in [-0.25, -0.2) is 0 Å². The van der Waals surface area contributed by atoms with E-state index in [0.29, 0.717) is 0 Å². The van der Waals surface area contributed by atoms with Gasteiger partial charge in [-0.3, -0.25) is 0 Å². The lowest BCUT2D eigenvalue weighted by molar-refractivity contribution is 1.33. The van der Waals surface area contributed by atoms with Gasteiger partial charge in [-0.1, -0.05) is 6.07 Å². The molecule has 0 saturated carbocycles. The third kappa shape index (κ3) is 0.890. The summed E-state index contributed by atoms with van der Waals surface area (Å²) >= 11 is 0. The second-order valence-corrected chi connectivity index (χ2v) is 1.85. The van der Waals surface area contributed by atoms with Crippen molar-refractivity contribution in [3.8, 4) is 0 Å². The summed E-state index contributed by atoms with van der Waals surface area (Å²) in [5, 5.41) is 0. The fourth-order valence-corrected chi connectivity index (χ4v) is 0.481. The van der Waals surface area contributed by atoms with E-state index in [2.05, 4.69) is 18.2 Å². The van der Waals surface area contributed by atoms with Crippen molar-refractivity contribution in [3.05, 3.63) is 35.4 Å². The van der Waals surface area contributed by atoms with E-state index in [1.165, 1.54) is 5.56 Å². The minimum absolute atomic E-state index is 1.16. The zero-order valence-corrected chi connectivity index (χ0v) is 5.08. The van der Waals surface area contributed by atoms with Gasteiger partial charge >= 0.3 is 0 Å². The fourth-order valence-electron chi connectivity index (χ4n) is 0.481. The summed E-state index contributed by atoms with van der Waals surface area (Å²) in [5.41, 5.74) is 2.38. The monoisotopic (exact) mass is 103 g/mol. The van der Waals surface area contributed by atoms with Crippen molar-refractivity contribution in [3.63, 3.8) is 0 Å². The summed E-state index contributed by atoms with van der Waals surface area (Å²) in [7, 11) is 0. The zero-order valence-electron chi connectivity index (χ0n) is 5.08. The van der Waals surface area contributed by atoms with Crippen molar-refractivity contribution >= 4 is 0 Å². The van der Waals surface area contributed by atoms with E-state index in [9.17, 15) is 0 Å². The van der Waals surface area contributed by atoms with Crippen LogP contribution in [0, 0.1) is 32.0 Å². The van der Waals surface area contributed by atoms with Crippen LogP contribution in [-0.4, -0.2) is 0 Å². The van der Waals surface area contributed by atoms with Crippen LogP contribution >= 0.6 is 0 Å². The zero-order chi connectivity index (χ0) is 5.98. The number of hydrogen-bond acceptors (Lipinski definition) is 0. The minimum atomic E-state index is 1.16. The molecule has 1 rings (SSSR count). The normalized spacial score (nSPS) is 9.25. The molecule has 0 fully saturated rings. The predicted octanol–water partition coefficient (Wildman–Crippen LogP) is 1.70. The van der Waals surface area contributed by atoms with E-state index >= 15 is 0 Å². The maximum absolute atomic E-state index is 2.92. The van der Waals surface area contributed by atoms with Crippen LogP contribution in [0.1, 0.15) is 11.1 Å². The first-order valence-electron chi connectivity index (χ1n) is 2.58. The Morgan fingerprint density at radius 2 is 2.12 bits per heavy atom. The highest BCUT2D eigenvalue weighted by Crippen LogP contribution is 2.00. The Morgan fingerprint density at radius 1 is 1.38 bits per heavy atom. The van der Waals surface area contributed by atoms with Crippen LogP contribution in [0.4, 0.5) is 0 Å². The summed E-state index contributed by atoms with van der Waals surface area (Å²) < 4.78 is 0. The first-order chi connectivity index (χ1) is 3.80. The van der Waals surface area contributed by atoms with Crippen molar-refractivity contribution in [2.75, 3.05) is 0 Å². The first kappa shape index (κ1) is 5.36. The van der Waals surface area contributed by atoms with Crippen LogP contribution in [-0.2, 0) is 0 Å². The molecule has 0 atom stereocenters. The maximum atomic E-state index is 2.92. The van der Waals surface area contributed by atoms with Gasteiger partial charge in [0.25, 0.3) is 0 Å². The molecule has 8 heavy (non-hydrogen) atoms. The quantitative estimate of drug-likeness (QED) is 0.469. The van der Waals surface area contributed by atoms with Gasteiger partial charge in [-0.05, 0) is 43.2 Å². The molecule has 1 aromatic carbocycles. The molecule has 0 aromatic heterocycles. The Bertz CT molecular complexity index is 156. The lowest BCUT2D eigenvalue weighted by atomic mass is 10.1. The maximum Gasteiger partial charge on any atom is -0.00108 e. The molecule has 0 spiro atoms. The van der Waals surface area contributed by atoms with Crippen molar-refractivity contribution in [1.82, 2.24) is 0 Å². The molecule has 0 saturated heterocycles. The van der Waals surface area contributed by atoms with E-state index < -0.39 is 0 Å². The topological polar surface area (TPSA) is 0 Å². The lowest BCUT2D eigenvalue weighted by Gasteiger charge is -1.91. The Balaban J connectivity index is 3.13. The second-order valence-electron chi connectivity index (χ2n) is 1.85. The Kier molecular flexibility index (Phi) is 1.34. The van der Waals surface area contributed by atoms with Gasteiger partial charge in [0, 0.05) is 0 Å². The van der Waals surface area contributed by atoms with Gasteiger partial charge in [0.05, 0.1) is 0 Å². The smallest absolute Gasteiger partial charge is 0.00108 e. The summed E-state index contributed by atoms with van der Waals surface area (Å²) in [5.74, 6) is 0. The van der Waals surface area contributed by atoms with E-state index in [-0.39, 0.29) is 0 Å². The van der Waals surface area contributed by atoms with E-state index in [4.69, 9.17) is 0 Å². The third-order valence-corrected chi connectivity index (χ3v) is 1.20. The van der Waals surface area contributed by atoms with E-state index in [1.807, 2.05) is 19.9 Å². The third-order valence-electron chi connectivity index (χ3n) is 1.20. The van der Waals surface area contributed by atoms with Crippen molar-refractivity contribution < 1.29 is 0 Å². The van der Waals surface area contributed by atoms with Gasteiger partial charge in [0.2, 0.25) is 0 Å². The molecule has 0 aliphatic heterocycles. The number of benzene rings is 1. The summed E-state index contributed by atoms with van der Waals surface area (Å²) in [4.78, 5) is 0. The van der Waals surface area contributed by atoms with Crippen LogP contribution in [0.3, 0.4) is 0 Å². The van der Waals surface area contributed by atoms with Crippen LogP contribution in [0.25, 0.3) is 0 Å². The largest absolute Gasteiger partial charge is 0.0505 e. The SMILES string of the molecule is Cc1[c][c][c]cc1C. The lowest BCUT2D eigenvalue weighted by Crippen LogP contribution is -1.76. The van der Waals surface area contributed by atoms with Gasteiger partial charge in [0.1, 0.15) is 0 Å². The van der Waals surface area contributed by atoms with Crippen LogP contribution in [0.15, 0.2) is 6.07 Å². The molecule has 0 bridgehead atoms. The molecule has 3 radical (unpaired) electrons. The highest BCUT2D eigenvalue weighted by atomic mass is 13.9. The number of rotatable bonds is 0. The van der Waals surface area contributed by atoms with E-state index in [0.717, 1.165) is 5.56 Å².